The molecule has 0 spiro atoms. The Balaban J connectivity index is 1.47. The smallest absolute Gasteiger partial charge is 0.110 e. The van der Waals surface area contributed by atoms with E-state index in [1.54, 1.807) is 11.3 Å². The van der Waals surface area contributed by atoms with E-state index in [2.05, 4.69) is 58.8 Å². The fourth-order valence-corrected chi connectivity index (χ4v) is 4.19. The Bertz CT molecular complexity index is 805. The summed E-state index contributed by atoms with van der Waals surface area (Å²) in [5, 5.41) is 3.12. The van der Waals surface area contributed by atoms with Gasteiger partial charge in [0.25, 0.3) is 0 Å². The molecule has 2 heterocycles. The van der Waals surface area contributed by atoms with E-state index in [4.69, 9.17) is 10.7 Å². The predicted octanol–water partition coefficient (Wildman–Crippen LogP) is 4.65. The predicted molar refractivity (Wildman–Crippen MR) is 106 cm³/mol. The molecule has 1 fully saturated rings. The molecule has 0 aliphatic carbocycles. The molecule has 1 aliphatic heterocycles. The lowest BCUT2D eigenvalue weighted by molar-refractivity contribution is 0.716. The number of rotatable bonds is 5. The Labute approximate surface area is 153 Å². The number of anilines is 1. The summed E-state index contributed by atoms with van der Waals surface area (Å²) in [5.41, 5.74) is 11.1. The first-order valence-electron chi connectivity index (χ1n) is 8.90. The van der Waals surface area contributed by atoms with Gasteiger partial charge in [-0.2, -0.15) is 0 Å². The minimum atomic E-state index is -0.0509. The lowest BCUT2D eigenvalue weighted by atomic mass is 10.1. The van der Waals surface area contributed by atoms with E-state index in [0.29, 0.717) is 0 Å². The van der Waals surface area contributed by atoms with Crippen LogP contribution in [0.4, 0.5) is 5.69 Å². The number of aromatic nitrogens is 1. The molecule has 1 atom stereocenters. The third kappa shape index (κ3) is 3.75. The highest BCUT2D eigenvalue weighted by Crippen LogP contribution is 2.28. The summed E-state index contributed by atoms with van der Waals surface area (Å²) in [6, 6.07) is 19.1. The van der Waals surface area contributed by atoms with E-state index in [0.717, 1.165) is 22.7 Å². The average Bonchev–Trinajstić information content (AvgIpc) is 3.35. The van der Waals surface area contributed by atoms with E-state index in [-0.39, 0.29) is 6.04 Å². The Hall–Kier alpha value is -2.17. The number of nitrogens with two attached hydrogens (primary N) is 1. The molecular formula is C21H23N3S. The maximum absolute atomic E-state index is 6.37. The van der Waals surface area contributed by atoms with Gasteiger partial charge in [0.15, 0.2) is 0 Å². The second-order valence-electron chi connectivity index (χ2n) is 6.61. The third-order valence-electron chi connectivity index (χ3n) is 4.77. The van der Waals surface area contributed by atoms with Gasteiger partial charge in [0, 0.05) is 29.7 Å². The summed E-state index contributed by atoms with van der Waals surface area (Å²) in [4.78, 5) is 7.23. The fourth-order valence-electron chi connectivity index (χ4n) is 3.36. The summed E-state index contributed by atoms with van der Waals surface area (Å²) in [5.74, 6) is 0. The maximum Gasteiger partial charge on any atom is 0.110 e. The van der Waals surface area contributed by atoms with Crippen LogP contribution in [-0.4, -0.2) is 18.1 Å². The number of benzene rings is 2. The SMILES string of the molecule is NC(Cc1ccccc1)c1nc(-c2ccc(N3CCCC3)cc2)cs1. The van der Waals surface area contributed by atoms with Crippen molar-refractivity contribution in [3.05, 3.63) is 70.5 Å². The Morgan fingerprint density at radius 2 is 1.72 bits per heavy atom. The Kier molecular flexibility index (Phi) is 4.81. The molecule has 0 bridgehead atoms. The van der Waals surface area contributed by atoms with Gasteiger partial charge >= 0.3 is 0 Å². The van der Waals surface area contributed by atoms with Gasteiger partial charge in [0.05, 0.1) is 11.7 Å². The third-order valence-corrected chi connectivity index (χ3v) is 5.75. The zero-order valence-corrected chi connectivity index (χ0v) is 15.1. The van der Waals surface area contributed by atoms with Crippen molar-refractivity contribution < 1.29 is 0 Å². The van der Waals surface area contributed by atoms with E-state index in [1.165, 1.54) is 37.2 Å². The quantitative estimate of drug-likeness (QED) is 0.729. The van der Waals surface area contributed by atoms with Gasteiger partial charge in [-0.15, -0.1) is 11.3 Å². The second kappa shape index (κ2) is 7.38. The van der Waals surface area contributed by atoms with E-state index < -0.39 is 0 Å². The number of hydrogen-bond acceptors (Lipinski definition) is 4. The average molecular weight is 350 g/mol. The van der Waals surface area contributed by atoms with Crippen molar-refractivity contribution in [3.8, 4) is 11.3 Å². The molecule has 4 rings (SSSR count). The molecule has 1 saturated heterocycles. The summed E-state index contributed by atoms with van der Waals surface area (Å²) >= 11 is 1.65. The fraction of sp³-hybridized carbons (Fsp3) is 0.286. The van der Waals surface area contributed by atoms with Crippen LogP contribution in [0.25, 0.3) is 11.3 Å². The van der Waals surface area contributed by atoms with Gasteiger partial charge in [0.1, 0.15) is 5.01 Å². The van der Waals surface area contributed by atoms with Crippen LogP contribution in [0.3, 0.4) is 0 Å². The molecule has 128 valence electrons. The molecule has 0 radical (unpaired) electrons. The highest BCUT2D eigenvalue weighted by atomic mass is 32.1. The van der Waals surface area contributed by atoms with Crippen molar-refractivity contribution in [2.75, 3.05) is 18.0 Å². The lowest BCUT2D eigenvalue weighted by Gasteiger charge is -2.17. The molecule has 3 aromatic rings. The van der Waals surface area contributed by atoms with E-state index in [9.17, 15) is 0 Å². The molecule has 3 nitrogen and oxygen atoms in total. The van der Waals surface area contributed by atoms with Crippen LogP contribution in [0.5, 0.6) is 0 Å². The van der Waals surface area contributed by atoms with Crippen molar-refractivity contribution in [2.24, 2.45) is 5.73 Å². The first-order valence-corrected chi connectivity index (χ1v) is 9.78. The molecular weight excluding hydrogens is 326 g/mol. The standard InChI is InChI=1S/C21H23N3S/c22-19(14-16-6-2-1-3-7-16)21-23-20(15-25-21)17-8-10-18(11-9-17)24-12-4-5-13-24/h1-3,6-11,15,19H,4-5,12-14,22H2. The number of nitrogens with zero attached hydrogens (tertiary/aromatic N) is 2. The Morgan fingerprint density at radius 1 is 1.00 bits per heavy atom. The first-order chi connectivity index (χ1) is 12.3. The van der Waals surface area contributed by atoms with Crippen molar-refractivity contribution in [2.45, 2.75) is 25.3 Å². The molecule has 0 amide bonds. The molecule has 4 heteroatoms. The van der Waals surface area contributed by atoms with Crippen LogP contribution in [0.15, 0.2) is 60.0 Å². The molecule has 0 saturated carbocycles. The van der Waals surface area contributed by atoms with Crippen molar-refractivity contribution >= 4 is 17.0 Å². The summed E-state index contributed by atoms with van der Waals surface area (Å²) < 4.78 is 0. The van der Waals surface area contributed by atoms with Crippen LogP contribution in [0, 0.1) is 0 Å². The minimum Gasteiger partial charge on any atom is -0.372 e. The Morgan fingerprint density at radius 3 is 2.44 bits per heavy atom. The zero-order chi connectivity index (χ0) is 17.1. The summed E-state index contributed by atoms with van der Waals surface area (Å²) in [6.45, 7) is 2.35. The molecule has 1 aliphatic rings. The van der Waals surface area contributed by atoms with Crippen molar-refractivity contribution in [1.82, 2.24) is 4.98 Å². The van der Waals surface area contributed by atoms with Crippen LogP contribution in [0.1, 0.15) is 29.5 Å². The van der Waals surface area contributed by atoms with Crippen LogP contribution in [-0.2, 0) is 6.42 Å². The highest BCUT2D eigenvalue weighted by Gasteiger charge is 2.14. The highest BCUT2D eigenvalue weighted by molar-refractivity contribution is 7.10. The van der Waals surface area contributed by atoms with Gasteiger partial charge in [-0.05, 0) is 37.0 Å². The van der Waals surface area contributed by atoms with Gasteiger partial charge in [-0.1, -0.05) is 42.5 Å². The number of thiazole rings is 1. The van der Waals surface area contributed by atoms with Crippen LogP contribution in [0.2, 0.25) is 0 Å². The van der Waals surface area contributed by atoms with Crippen LogP contribution < -0.4 is 10.6 Å². The molecule has 1 aromatic heterocycles. The van der Waals surface area contributed by atoms with Crippen molar-refractivity contribution in [3.63, 3.8) is 0 Å². The summed E-state index contributed by atoms with van der Waals surface area (Å²) in [6.07, 6.45) is 3.43. The minimum absolute atomic E-state index is 0.0509. The molecule has 2 N–H and O–H groups in total. The van der Waals surface area contributed by atoms with E-state index >= 15 is 0 Å². The van der Waals surface area contributed by atoms with Gasteiger partial charge in [-0.25, -0.2) is 4.98 Å². The molecule has 1 unspecified atom stereocenters. The summed E-state index contributed by atoms with van der Waals surface area (Å²) in [7, 11) is 0. The lowest BCUT2D eigenvalue weighted by Crippen LogP contribution is -2.17. The van der Waals surface area contributed by atoms with Gasteiger partial charge in [-0.3, -0.25) is 0 Å². The zero-order valence-electron chi connectivity index (χ0n) is 14.3. The molecule has 2 aromatic carbocycles. The van der Waals surface area contributed by atoms with Crippen LogP contribution >= 0.6 is 11.3 Å². The van der Waals surface area contributed by atoms with E-state index in [1.807, 2.05) is 6.07 Å². The van der Waals surface area contributed by atoms with Crippen molar-refractivity contribution in [1.29, 1.82) is 0 Å². The maximum atomic E-state index is 6.37. The normalized spacial score (nSPS) is 15.5. The van der Waals surface area contributed by atoms with Gasteiger partial charge < -0.3 is 10.6 Å². The number of hydrogen-bond donors (Lipinski definition) is 1. The second-order valence-corrected chi connectivity index (χ2v) is 7.50. The monoisotopic (exact) mass is 349 g/mol. The first kappa shape index (κ1) is 16.3. The van der Waals surface area contributed by atoms with Gasteiger partial charge in [0.2, 0.25) is 0 Å². The molecule has 25 heavy (non-hydrogen) atoms. The largest absolute Gasteiger partial charge is 0.372 e. The topological polar surface area (TPSA) is 42.1 Å².